The summed E-state index contributed by atoms with van der Waals surface area (Å²) >= 11 is 0. The molecule has 0 aromatic rings. The average Bonchev–Trinajstić information content (AvgIpc) is 2.73. The Morgan fingerprint density at radius 3 is 1.03 bits per heavy atom. The summed E-state index contributed by atoms with van der Waals surface area (Å²) in [6.45, 7) is 8.40. The minimum Gasteiger partial charge on any atom is -0.384 e. The van der Waals surface area contributed by atoms with Gasteiger partial charge in [0.15, 0.2) is 0 Å². The van der Waals surface area contributed by atoms with Gasteiger partial charge in [-0.15, -0.1) is 0 Å². The van der Waals surface area contributed by atoms with Crippen molar-refractivity contribution >= 4 is 15.6 Å². The lowest BCUT2D eigenvalue weighted by atomic mass is 10.4. The summed E-state index contributed by atoms with van der Waals surface area (Å²) in [6.07, 6.45) is 6.26. The molecule has 0 saturated heterocycles. The van der Waals surface area contributed by atoms with Gasteiger partial charge in [-0.25, -0.2) is 9.13 Å². The van der Waals surface area contributed by atoms with Crippen molar-refractivity contribution in [1.82, 2.24) is 0 Å². The van der Waals surface area contributed by atoms with Crippen LogP contribution in [-0.4, -0.2) is 49.9 Å². The molecule has 0 heterocycles. The van der Waals surface area contributed by atoms with E-state index in [-0.39, 0.29) is 39.6 Å². The van der Waals surface area contributed by atoms with Crippen LogP contribution < -0.4 is 0 Å². The van der Waals surface area contributed by atoms with Crippen LogP contribution in [0.25, 0.3) is 0 Å². The predicted molar refractivity (Wildman–Crippen MR) is 122 cm³/mol. The van der Waals surface area contributed by atoms with Crippen LogP contribution in [0.3, 0.4) is 0 Å². The molecule has 0 bridgehead atoms. The number of aliphatic hydroxyl groups is 2. The highest BCUT2D eigenvalue weighted by molar-refractivity contribution is 7.62. The molecule has 0 rings (SSSR count). The van der Waals surface area contributed by atoms with Gasteiger partial charge in [0.25, 0.3) is 0 Å². The summed E-state index contributed by atoms with van der Waals surface area (Å²) < 4.78 is 52.1. The van der Waals surface area contributed by atoms with Crippen molar-refractivity contribution in [3.8, 4) is 11.8 Å². The van der Waals surface area contributed by atoms with Crippen molar-refractivity contribution in [2.75, 3.05) is 39.6 Å². The fourth-order valence-electron chi connectivity index (χ4n) is 1.69. The van der Waals surface area contributed by atoms with Gasteiger partial charge >= 0.3 is 15.6 Å². The third-order valence-corrected chi connectivity index (χ3v) is 7.07. The largest absolute Gasteiger partial charge is 0.483 e. The zero-order chi connectivity index (χ0) is 23.8. The van der Waals surface area contributed by atoms with Crippen LogP contribution in [0, 0.1) is 11.8 Å². The van der Waals surface area contributed by atoms with Gasteiger partial charge in [-0.05, 0) is 25.7 Å². The van der Waals surface area contributed by atoms with Crippen molar-refractivity contribution in [3.63, 3.8) is 0 Å². The number of phosphoric acid groups is 2. The van der Waals surface area contributed by atoms with E-state index in [2.05, 4.69) is 11.8 Å². The molecule has 0 aliphatic heterocycles. The molecule has 11 heteroatoms. The highest BCUT2D eigenvalue weighted by atomic mass is 31.3. The summed E-state index contributed by atoms with van der Waals surface area (Å²) in [5, 5.41) is 15.8. The van der Waals surface area contributed by atoms with Crippen LogP contribution in [0.15, 0.2) is 0 Å². The fraction of sp³-hybridized carbons (Fsp3) is 0.900. The van der Waals surface area contributed by atoms with Gasteiger partial charge in [0.1, 0.15) is 13.2 Å². The Balaban J connectivity index is 0. The number of aliphatic hydroxyl groups excluding tert-OH is 2. The van der Waals surface area contributed by atoms with Crippen molar-refractivity contribution in [3.05, 3.63) is 0 Å². The zero-order valence-corrected chi connectivity index (χ0v) is 21.3. The highest BCUT2D eigenvalue weighted by Crippen LogP contribution is 2.66. The number of hydrogen-bond donors (Lipinski definition) is 2. The molecular weight excluding hydrogens is 446 g/mol. The van der Waals surface area contributed by atoms with E-state index in [9.17, 15) is 9.13 Å². The van der Waals surface area contributed by atoms with Gasteiger partial charge in [-0.2, -0.15) is 4.31 Å². The van der Waals surface area contributed by atoms with Crippen LogP contribution in [-0.2, 0) is 31.5 Å². The lowest BCUT2D eigenvalue weighted by Crippen LogP contribution is -2.06. The van der Waals surface area contributed by atoms with Crippen molar-refractivity contribution in [1.29, 1.82) is 0 Å². The van der Waals surface area contributed by atoms with E-state index in [1.807, 2.05) is 27.7 Å². The molecule has 2 N–H and O–H groups in total. The van der Waals surface area contributed by atoms with Gasteiger partial charge in [-0.1, -0.05) is 65.2 Å². The maximum Gasteiger partial charge on any atom is 0.483 e. The van der Waals surface area contributed by atoms with Gasteiger partial charge < -0.3 is 10.2 Å². The normalized spacial score (nSPS) is 11.4. The second kappa shape index (κ2) is 22.9. The molecule has 0 atom stereocenters. The molecule has 0 aliphatic carbocycles. The standard InChI is InChI=1S/C16H36O7P2.C4H6O2/c1-5-9-13-19-24(17,20-14-10-6-2)23-25(18,21-15-11-7-3)22-16-12-8-4;5-3-1-2-4-6/h5-16H2,1-4H3;5-6H,3-4H2. The Kier molecular flexibility index (Phi) is 24.3. The fourth-order valence-corrected chi connectivity index (χ4v) is 4.98. The molecule has 0 spiro atoms. The summed E-state index contributed by atoms with van der Waals surface area (Å²) in [4.78, 5) is 0. The van der Waals surface area contributed by atoms with Crippen LogP contribution in [0.4, 0.5) is 0 Å². The Morgan fingerprint density at radius 2 is 0.839 bits per heavy atom. The van der Waals surface area contributed by atoms with Crippen LogP contribution >= 0.6 is 15.6 Å². The monoisotopic (exact) mass is 488 g/mol. The third kappa shape index (κ3) is 21.3. The number of hydrogen-bond acceptors (Lipinski definition) is 9. The van der Waals surface area contributed by atoms with E-state index in [1.54, 1.807) is 0 Å². The van der Waals surface area contributed by atoms with Crippen molar-refractivity contribution in [2.45, 2.75) is 79.1 Å². The first-order valence-electron chi connectivity index (χ1n) is 11.0. The van der Waals surface area contributed by atoms with Crippen molar-refractivity contribution < 1.29 is 41.7 Å². The van der Waals surface area contributed by atoms with E-state index >= 15 is 0 Å². The van der Waals surface area contributed by atoms with E-state index in [1.165, 1.54) is 0 Å². The maximum atomic E-state index is 12.8. The predicted octanol–water partition coefficient (Wildman–Crippen LogP) is 5.46. The van der Waals surface area contributed by atoms with Gasteiger partial charge in [0.2, 0.25) is 0 Å². The molecule has 0 aromatic heterocycles. The number of rotatable bonds is 18. The molecule has 0 fully saturated rings. The second-order valence-electron chi connectivity index (χ2n) is 6.39. The Labute approximate surface area is 188 Å². The summed E-state index contributed by atoms with van der Waals surface area (Å²) in [6, 6.07) is 0. The topological polar surface area (TPSA) is 121 Å². The summed E-state index contributed by atoms with van der Waals surface area (Å²) in [5.74, 6) is 4.51. The minimum atomic E-state index is -4.01. The zero-order valence-electron chi connectivity index (χ0n) is 19.5. The van der Waals surface area contributed by atoms with Crippen molar-refractivity contribution in [2.24, 2.45) is 0 Å². The van der Waals surface area contributed by atoms with Crippen LogP contribution in [0.1, 0.15) is 79.1 Å². The molecule has 0 saturated carbocycles. The molecule has 0 amide bonds. The quantitative estimate of drug-likeness (QED) is 0.147. The van der Waals surface area contributed by atoms with Gasteiger partial charge in [0, 0.05) is 0 Å². The minimum absolute atomic E-state index is 0.166. The molecule has 0 unspecified atom stereocenters. The molecule has 31 heavy (non-hydrogen) atoms. The molecule has 0 radical (unpaired) electrons. The van der Waals surface area contributed by atoms with E-state index in [4.69, 9.17) is 32.6 Å². The summed E-state index contributed by atoms with van der Waals surface area (Å²) in [5.41, 5.74) is 0. The molecule has 0 aromatic carbocycles. The number of unbranched alkanes of at least 4 members (excludes halogenated alkanes) is 4. The second-order valence-corrected chi connectivity index (χ2v) is 9.87. The molecular formula is C20H42O9P2. The lowest BCUT2D eigenvalue weighted by molar-refractivity contribution is 0.106. The first kappa shape index (κ1) is 32.9. The van der Waals surface area contributed by atoms with E-state index < -0.39 is 15.6 Å². The van der Waals surface area contributed by atoms with Crippen LogP contribution in [0.5, 0.6) is 0 Å². The van der Waals surface area contributed by atoms with E-state index in [0.717, 1.165) is 25.7 Å². The average molecular weight is 488 g/mol. The first-order chi connectivity index (χ1) is 14.9. The third-order valence-electron chi connectivity index (χ3n) is 3.47. The SMILES string of the molecule is CCCCOP(=O)(OCCCC)OP(=O)(OCCCC)OCCCC.OCC#CCO. The smallest absolute Gasteiger partial charge is 0.384 e. The molecule has 0 aliphatic rings. The number of phosphoric ester groups is 2. The molecule has 186 valence electrons. The summed E-state index contributed by atoms with van der Waals surface area (Å²) in [7, 11) is -8.02. The Bertz CT molecular complexity index is 475. The van der Waals surface area contributed by atoms with Gasteiger partial charge in [0.05, 0.1) is 26.4 Å². The Hall–Kier alpha value is -0.260. The molecule has 9 nitrogen and oxygen atoms in total. The van der Waals surface area contributed by atoms with Gasteiger partial charge in [-0.3, -0.25) is 18.1 Å². The van der Waals surface area contributed by atoms with E-state index in [0.29, 0.717) is 25.7 Å². The first-order valence-corrected chi connectivity index (χ1v) is 14.0. The Morgan fingerprint density at radius 1 is 0.581 bits per heavy atom. The lowest BCUT2D eigenvalue weighted by Gasteiger charge is -2.23. The highest BCUT2D eigenvalue weighted by Gasteiger charge is 2.40. The maximum absolute atomic E-state index is 12.8. The van der Waals surface area contributed by atoms with Crippen LogP contribution in [0.2, 0.25) is 0 Å².